The fraction of sp³-hybridized carbons (Fsp3) is 0.696. The summed E-state index contributed by atoms with van der Waals surface area (Å²) in [7, 11) is 0. The standard InChI is InChI=1S/C23H31NO3/c1-15-7-20(24(26)5-3-4-6-24)8-16(2)21(15)27-22(25)23-12-17-9-18(13-23)11-19(10-17)14-23/h7-8,17-19H,3-6,9-14H2,1-2H3. The maximum atomic E-state index is 13.3. The van der Waals surface area contributed by atoms with E-state index in [1.54, 1.807) is 0 Å². The third kappa shape index (κ3) is 2.84. The molecule has 0 spiro atoms. The Morgan fingerprint density at radius 3 is 1.96 bits per heavy atom. The van der Waals surface area contributed by atoms with Crippen molar-refractivity contribution in [2.45, 2.75) is 65.2 Å². The first-order chi connectivity index (χ1) is 12.9. The van der Waals surface area contributed by atoms with Gasteiger partial charge in [0, 0.05) is 25.0 Å². The number of quaternary nitrogens is 1. The van der Waals surface area contributed by atoms with Crippen molar-refractivity contribution in [3.8, 4) is 5.75 Å². The average molecular weight is 370 g/mol. The highest BCUT2D eigenvalue weighted by Gasteiger charge is 2.55. The van der Waals surface area contributed by atoms with Crippen LogP contribution in [0.4, 0.5) is 5.69 Å². The average Bonchev–Trinajstić information content (AvgIpc) is 3.04. The summed E-state index contributed by atoms with van der Waals surface area (Å²) in [4.78, 5) is 13.3. The van der Waals surface area contributed by atoms with Crippen molar-refractivity contribution in [2.24, 2.45) is 23.2 Å². The number of carbonyl (C=O) groups excluding carboxylic acids is 1. The van der Waals surface area contributed by atoms with Crippen molar-refractivity contribution in [1.29, 1.82) is 0 Å². The zero-order valence-corrected chi connectivity index (χ0v) is 16.6. The molecule has 4 nitrogen and oxygen atoms in total. The van der Waals surface area contributed by atoms with Crippen molar-refractivity contribution in [3.63, 3.8) is 0 Å². The second kappa shape index (κ2) is 6.05. The Bertz CT molecular complexity index is 720. The van der Waals surface area contributed by atoms with Crippen LogP contribution in [0.5, 0.6) is 5.75 Å². The fourth-order valence-corrected chi connectivity index (χ4v) is 6.99. The van der Waals surface area contributed by atoms with Crippen molar-refractivity contribution < 1.29 is 9.53 Å². The molecule has 5 fully saturated rings. The molecule has 6 rings (SSSR count). The molecule has 0 aromatic heterocycles. The lowest BCUT2D eigenvalue weighted by atomic mass is 9.49. The fourth-order valence-electron chi connectivity index (χ4n) is 6.99. The highest BCUT2D eigenvalue weighted by atomic mass is 16.5. The van der Waals surface area contributed by atoms with E-state index in [-0.39, 0.29) is 16.0 Å². The van der Waals surface area contributed by atoms with Gasteiger partial charge in [0.2, 0.25) is 0 Å². The molecular weight excluding hydrogens is 338 g/mol. The zero-order chi connectivity index (χ0) is 18.8. The number of carbonyl (C=O) groups is 1. The first-order valence-corrected chi connectivity index (χ1v) is 10.8. The molecule has 4 aliphatic carbocycles. The maximum Gasteiger partial charge on any atom is 0.317 e. The van der Waals surface area contributed by atoms with E-state index >= 15 is 0 Å². The van der Waals surface area contributed by atoms with Gasteiger partial charge in [0.05, 0.1) is 18.5 Å². The summed E-state index contributed by atoms with van der Waals surface area (Å²) in [5, 5.41) is 13.0. The van der Waals surface area contributed by atoms with E-state index in [1.807, 2.05) is 26.0 Å². The Hall–Kier alpha value is -1.39. The van der Waals surface area contributed by atoms with Crippen LogP contribution >= 0.6 is 0 Å². The molecule has 1 saturated heterocycles. The summed E-state index contributed by atoms with van der Waals surface area (Å²) < 4.78 is 5.83. The summed E-state index contributed by atoms with van der Waals surface area (Å²) >= 11 is 0. The van der Waals surface area contributed by atoms with E-state index < -0.39 is 0 Å². The first kappa shape index (κ1) is 17.7. The Balaban J connectivity index is 1.40. The summed E-state index contributed by atoms with van der Waals surface area (Å²) in [5.74, 6) is 2.87. The van der Waals surface area contributed by atoms with Gasteiger partial charge in [0.25, 0.3) is 0 Å². The second-order valence-electron chi connectivity index (χ2n) is 10.0. The van der Waals surface area contributed by atoms with Gasteiger partial charge in [-0.3, -0.25) is 4.79 Å². The van der Waals surface area contributed by atoms with E-state index in [9.17, 15) is 10.0 Å². The van der Waals surface area contributed by atoms with E-state index in [2.05, 4.69) is 0 Å². The Morgan fingerprint density at radius 1 is 1.00 bits per heavy atom. The van der Waals surface area contributed by atoms with Gasteiger partial charge in [0.1, 0.15) is 11.4 Å². The lowest BCUT2D eigenvalue weighted by Gasteiger charge is -2.55. The molecule has 4 heteroatoms. The zero-order valence-electron chi connectivity index (χ0n) is 16.6. The lowest BCUT2D eigenvalue weighted by molar-refractivity contribution is -0.161. The molecule has 1 aromatic rings. The molecule has 146 valence electrons. The van der Waals surface area contributed by atoms with E-state index in [4.69, 9.17) is 4.74 Å². The van der Waals surface area contributed by atoms with Gasteiger partial charge < -0.3 is 14.6 Å². The van der Waals surface area contributed by atoms with Crippen LogP contribution in [0.3, 0.4) is 0 Å². The number of hydrogen-bond acceptors (Lipinski definition) is 3. The van der Waals surface area contributed by atoms with Crippen LogP contribution in [0.1, 0.15) is 62.5 Å². The second-order valence-corrected chi connectivity index (χ2v) is 10.0. The topological polar surface area (TPSA) is 49.4 Å². The van der Waals surface area contributed by atoms with Crippen LogP contribution in [0.2, 0.25) is 0 Å². The van der Waals surface area contributed by atoms with Crippen LogP contribution in [0.15, 0.2) is 12.1 Å². The summed E-state index contributed by atoms with van der Waals surface area (Å²) in [5.41, 5.74) is 2.41. The molecule has 0 unspecified atom stereocenters. The number of nitrogens with zero attached hydrogens (tertiary/aromatic N) is 1. The van der Waals surface area contributed by atoms with E-state index in [0.29, 0.717) is 18.8 Å². The van der Waals surface area contributed by atoms with Crippen molar-refractivity contribution >= 4 is 11.7 Å². The van der Waals surface area contributed by atoms with Crippen molar-refractivity contribution in [1.82, 2.24) is 4.65 Å². The third-order valence-corrected chi connectivity index (χ3v) is 7.87. The van der Waals surface area contributed by atoms with E-state index in [0.717, 1.165) is 66.7 Å². The number of hydrogen-bond donors (Lipinski definition) is 0. The number of esters is 1. The predicted octanol–water partition coefficient (Wildman–Crippen LogP) is 5.02. The molecule has 0 atom stereocenters. The Morgan fingerprint density at radius 2 is 1.48 bits per heavy atom. The number of benzene rings is 1. The Kier molecular flexibility index (Phi) is 3.97. The molecule has 4 saturated carbocycles. The summed E-state index contributed by atoms with van der Waals surface area (Å²) in [6.45, 7) is 5.26. The van der Waals surface area contributed by atoms with Crippen LogP contribution < -0.4 is 9.38 Å². The third-order valence-electron chi connectivity index (χ3n) is 7.87. The quantitative estimate of drug-likeness (QED) is 0.325. The molecule has 4 bridgehead atoms. The minimum atomic E-state index is -0.242. The van der Waals surface area contributed by atoms with Gasteiger partial charge in [-0.15, -0.1) is 0 Å². The molecule has 0 radical (unpaired) electrons. The van der Waals surface area contributed by atoms with Gasteiger partial charge in [-0.05, 0) is 81.3 Å². The van der Waals surface area contributed by atoms with Crippen LogP contribution in [-0.4, -0.2) is 19.1 Å². The van der Waals surface area contributed by atoms with Gasteiger partial charge >= 0.3 is 5.97 Å². The van der Waals surface area contributed by atoms with E-state index in [1.165, 1.54) is 19.3 Å². The number of hydroxylamine groups is 2. The van der Waals surface area contributed by atoms with Crippen LogP contribution in [-0.2, 0) is 4.79 Å². The highest BCUT2D eigenvalue weighted by molar-refractivity contribution is 5.80. The van der Waals surface area contributed by atoms with Gasteiger partial charge in [0.15, 0.2) is 0 Å². The molecule has 0 N–H and O–H groups in total. The van der Waals surface area contributed by atoms with Crippen LogP contribution in [0.25, 0.3) is 0 Å². The molecule has 5 aliphatic rings. The first-order valence-electron chi connectivity index (χ1n) is 10.8. The smallest absolute Gasteiger partial charge is 0.317 e. The molecule has 1 aromatic carbocycles. The van der Waals surface area contributed by atoms with Crippen LogP contribution in [0, 0.1) is 42.2 Å². The SMILES string of the molecule is Cc1cc([N+]2([O-])CCCC2)cc(C)c1OC(=O)C12CC3CC(CC(C3)C1)C2. The normalized spacial score (nSPS) is 36.2. The van der Waals surface area contributed by atoms with Crippen molar-refractivity contribution in [3.05, 3.63) is 28.5 Å². The van der Waals surface area contributed by atoms with Crippen molar-refractivity contribution in [2.75, 3.05) is 13.1 Å². The van der Waals surface area contributed by atoms with Gasteiger partial charge in [-0.25, -0.2) is 0 Å². The highest BCUT2D eigenvalue weighted by Crippen LogP contribution is 2.60. The maximum absolute atomic E-state index is 13.3. The largest absolute Gasteiger partial charge is 0.627 e. The van der Waals surface area contributed by atoms with Gasteiger partial charge in [-0.1, -0.05) is 0 Å². The minimum absolute atomic E-state index is 0.00672. The lowest BCUT2D eigenvalue weighted by Crippen LogP contribution is -2.51. The minimum Gasteiger partial charge on any atom is -0.627 e. The molecule has 27 heavy (non-hydrogen) atoms. The Labute approximate surface area is 162 Å². The summed E-state index contributed by atoms with van der Waals surface area (Å²) in [6, 6.07) is 3.90. The summed E-state index contributed by atoms with van der Waals surface area (Å²) in [6.07, 6.45) is 9.01. The monoisotopic (exact) mass is 369 g/mol. The molecule has 1 heterocycles. The molecule has 1 aliphatic heterocycles. The number of ether oxygens (including phenoxy) is 1. The molecule has 0 amide bonds. The van der Waals surface area contributed by atoms with Gasteiger partial charge in [-0.2, -0.15) is 0 Å². The number of rotatable bonds is 3. The predicted molar refractivity (Wildman–Crippen MR) is 106 cm³/mol. The number of aryl methyl sites for hydroxylation is 2. The molecular formula is C23H31NO3.